The normalized spacial score (nSPS) is 25.8. The molecule has 1 aliphatic rings. The van der Waals surface area contributed by atoms with E-state index < -0.39 is 6.10 Å². The molecule has 0 bridgehead atoms. The minimum Gasteiger partial charge on any atom is -0.386 e. The quantitative estimate of drug-likeness (QED) is 0.882. The zero-order valence-electron chi connectivity index (χ0n) is 10.8. The highest BCUT2D eigenvalue weighted by Gasteiger charge is 2.39. The van der Waals surface area contributed by atoms with Gasteiger partial charge in [0.15, 0.2) is 0 Å². The molecular weight excluding hydrogens is 236 g/mol. The molecular formula is C13H21ClN2O. The average Bonchev–Trinajstić information content (AvgIpc) is 2.57. The predicted molar refractivity (Wildman–Crippen MR) is 68.9 cm³/mol. The van der Waals surface area contributed by atoms with Crippen LogP contribution in [0.15, 0.2) is 6.20 Å². The van der Waals surface area contributed by atoms with Crippen LogP contribution in [-0.2, 0) is 7.05 Å². The second kappa shape index (κ2) is 4.62. The number of aliphatic hydroxyl groups is 1. The summed E-state index contributed by atoms with van der Waals surface area (Å²) in [6.07, 6.45) is 5.79. The Hall–Kier alpha value is -0.540. The van der Waals surface area contributed by atoms with Crippen molar-refractivity contribution in [2.75, 3.05) is 0 Å². The van der Waals surface area contributed by atoms with Crippen LogP contribution in [0.3, 0.4) is 0 Å². The van der Waals surface area contributed by atoms with E-state index in [1.807, 2.05) is 7.05 Å². The summed E-state index contributed by atoms with van der Waals surface area (Å²) in [4.78, 5) is 0. The van der Waals surface area contributed by atoms with Gasteiger partial charge in [0, 0.05) is 7.05 Å². The molecule has 2 rings (SSSR count). The first-order valence-corrected chi connectivity index (χ1v) is 6.67. The van der Waals surface area contributed by atoms with Crippen molar-refractivity contribution in [3.63, 3.8) is 0 Å². The first-order chi connectivity index (χ1) is 7.93. The maximum absolute atomic E-state index is 10.6. The van der Waals surface area contributed by atoms with Crippen LogP contribution in [0, 0.1) is 11.3 Å². The van der Waals surface area contributed by atoms with Crippen LogP contribution >= 0.6 is 11.6 Å². The van der Waals surface area contributed by atoms with E-state index >= 15 is 0 Å². The maximum atomic E-state index is 10.6. The Morgan fingerprint density at radius 2 is 2.24 bits per heavy atom. The molecule has 1 aromatic heterocycles. The van der Waals surface area contributed by atoms with Crippen LogP contribution in [0.4, 0.5) is 0 Å². The summed E-state index contributed by atoms with van der Waals surface area (Å²) in [5.74, 6) is 0.268. The van der Waals surface area contributed by atoms with Gasteiger partial charge in [-0.1, -0.05) is 38.3 Å². The fourth-order valence-corrected chi connectivity index (χ4v) is 3.33. The highest BCUT2D eigenvalue weighted by atomic mass is 35.5. The zero-order valence-corrected chi connectivity index (χ0v) is 11.5. The highest BCUT2D eigenvalue weighted by molar-refractivity contribution is 6.31. The molecule has 2 unspecified atom stereocenters. The maximum Gasteiger partial charge on any atom is 0.100 e. The van der Waals surface area contributed by atoms with E-state index in [4.69, 9.17) is 11.6 Å². The lowest BCUT2D eigenvalue weighted by Gasteiger charge is -2.41. The van der Waals surface area contributed by atoms with Crippen molar-refractivity contribution in [2.45, 2.75) is 45.6 Å². The molecule has 1 aliphatic carbocycles. The predicted octanol–water partition coefficient (Wildman–Crippen LogP) is 3.32. The fourth-order valence-electron chi connectivity index (χ4n) is 3.05. The van der Waals surface area contributed by atoms with E-state index in [0.29, 0.717) is 5.02 Å². The van der Waals surface area contributed by atoms with E-state index in [0.717, 1.165) is 12.1 Å². The number of halogens is 1. The molecule has 1 aromatic rings. The zero-order chi connectivity index (χ0) is 12.6. The molecule has 0 saturated heterocycles. The Kier molecular flexibility index (Phi) is 3.50. The monoisotopic (exact) mass is 256 g/mol. The Morgan fingerprint density at radius 3 is 2.76 bits per heavy atom. The molecule has 4 heteroatoms. The number of nitrogens with zero attached hydrogens (tertiary/aromatic N) is 2. The molecule has 1 heterocycles. The van der Waals surface area contributed by atoms with Crippen LogP contribution < -0.4 is 0 Å². The largest absolute Gasteiger partial charge is 0.386 e. The summed E-state index contributed by atoms with van der Waals surface area (Å²) >= 11 is 6.11. The summed E-state index contributed by atoms with van der Waals surface area (Å²) in [7, 11) is 1.83. The third kappa shape index (κ3) is 2.36. The molecule has 1 saturated carbocycles. The van der Waals surface area contributed by atoms with Gasteiger partial charge < -0.3 is 5.11 Å². The highest BCUT2D eigenvalue weighted by Crippen LogP contribution is 2.47. The molecule has 96 valence electrons. The molecule has 0 aromatic carbocycles. The Labute approximate surface area is 108 Å². The van der Waals surface area contributed by atoms with Gasteiger partial charge in [0.1, 0.15) is 6.10 Å². The molecule has 0 aliphatic heterocycles. The first kappa shape index (κ1) is 12.9. The molecule has 2 atom stereocenters. The van der Waals surface area contributed by atoms with E-state index in [2.05, 4.69) is 18.9 Å². The van der Waals surface area contributed by atoms with Crippen LogP contribution in [-0.4, -0.2) is 14.9 Å². The van der Waals surface area contributed by atoms with Crippen LogP contribution in [0.1, 0.15) is 51.3 Å². The molecule has 0 radical (unpaired) electrons. The summed E-state index contributed by atoms with van der Waals surface area (Å²) in [5, 5.41) is 15.3. The topological polar surface area (TPSA) is 38.0 Å². The smallest absolute Gasteiger partial charge is 0.100 e. The summed E-state index contributed by atoms with van der Waals surface area (Å²) in [5.41, 5.74) is 0.928. The molecule has 1 fully saturated rings. The summed E-state index contributed by atoms with van der Waals surface area (Å²) in [6.45, 7) is 4.48. The van der Waals surface area contributed by atoms with Crippen molar-refractivity contribution in [1.82, 2.24) is 9.78 Å². The molecule has 1 N–H and O–H groups in total. The lowest BCUT2D eigenvalue weighted by atomic mass is 9.66. The second-order valence-electron chi connectivity index (χ2n) is 5.79. The van der Waals surface area contributed by atoms with Crippen LogP contribution in [0.2, 0.25) is 5.02 Å². The van der Waals surface area contributed by atoms with Gasteiger partial charge >= 0.3 is 0 Å². The van der Waals surface area contributed by atoms with Crippen molar-refractivity contribution in [2.24, 2.45) is 18.4 Å². The molecule has 0 spiro atoms. The van der Waals surface area contributed by atoms with Crippen molar-refractivity contribution in [1.29, 1.82) is 0 Å². The standard InChI is InChI=1S/C13H21ClN2O/c1-13(2)7-5-4-6-9(13)12(17)11-10(14)8-15-16(11)3/h8-9,12,17H,4-7H2,1-3H3. The SMILES string of the molecule is Cn1ncc(Cl)c1C(O)C1CCCCC1(C)C. The third-order valence-corrected chi connectivity index (χ3v) is 4.48. The lowest BCUT2D eigenvalue weighted by Crippen LogP contribution is -2.33. The lowest BCUT2D eigenvalue weighted by molar-refractivity contribution is -0.000467. The van der Waals surface area contributed by atoms with Gasteiger partial charge in [-0.05, 0) is 24.2 Å². The third-order valence-electron chi connectivity index (χ3n) is 4.19. The van der Waals surface area contributed by atoms with Crippen molar-refractivity contribution >= 4 is 11.6 Å². The van der Waals surface area contributed by atoms with Crippen molar-refractivity contribution in [3.8, 4) is 0 Å². The Balaban J connectivity index is 2.27. The van der Waals surface area contributed by atoms with Gasteiger partial charge in [0.05, 0.1) is 16.9 Å². The van der Waals surface area contributed by atoms with Crippen molar-refractivity contribution in [3.05, 3.63) is 16.9 Å². The molecule has 17 heavy (non-hydrogen) atoms. The van der Waals surface area contributed by atoms with E-state index in [1.165, 1.54) is 19.3 Å². The fraction of sp³-hybridized carbons (Fsp3) is 0.769. The van der Waals surface area contributed by atoms with Gasteiger partial charge in [0.25, 0.3) is 0 Å². The average molecular weight is 257 g/mol. The minimum atomic E-state index is -0.509. The molecule has 0 amide bonds. The number of aryl methyl sites for hydroxylation is 1. The number of hydrogen-bond donors (Lipinski definition) is 1. The van der Waals surface area contributed by atoms with Gasteiger partial charge in [-0.25, -0.2) is 0 Å². The van der Waals surface area contributed by atoms with Crippen LogP contribution in [0.25, 0.3) is 0 Å². The first-order valence-electron chi connectivity index (χ1n) is 6.29. The Bertz CT molecular complexity index is 381. The van der Waals surface area contributed by atoms with Gasteiger partial charge in [-0.15, -0.1) is 0 Å². The number of rotatable bonds is 2. The van der Waals surface area contributed by atoms with Crippen LogP contribution in [0.5, 0.6) is 0 Å². The Morgan fingerprint density at radius 1 is 1.53 bits per heavy atom. The van der Waals surface area contributed by atoms with Gasteiger partial charge in [-0.3, -0.25) is 4.68 Å². The van der Waals surface area contributed by atoms with E-state index in [9.17, 15) is 5.11 Å². The summed E-state index contributed by atoms with van der Waals surface area (Å²) in [6, 6.07) is 0. The van der Waals surface area contributed by atoms with E-state index in [1.54, 1.807) is 10.9 Å². The second-order valence-corrected chi connectivity index (χ2v) is 6.19. The minimum absolute atomic E-state index is 0.172. The number of hydrogen-bond acceptors (Lipinski definition) is 2. The number of aliphatic hydroxyl groups excluding tert-OH is 1. The molecule has 3 nitrogen and oxygen atoms in total. The van der Waals surface area contributed by atoms with E-state index in [-0.39, 0.29) is 11.3 Å². The van der Waals surface area contributed by atoms with Crippen molar-refractivity contribution < 1.29 is 5.11 Å². The summed E-state index contributed by atoms with van der Waals surface area (Å²) < 4.78 is 1.69. The number of aromatic nitrogens is 2. The van der Waals surface area contributed by atoms with Gasteiger partial charge in [-0.2, -0.15) is 5.10 Å². The van der Waals surface area contributed by atoms with Gasteiger partial charge in [0.2, 0.25) is 0 Å².